The number of aryl methyl sites for hydroxylation is 1. The highest BCUT2D eigenvalue weighted by atomic mass is 32.1. The molecule has 0 saturated carbocycles. The molecule has 0 fully saturated rings. The van der Waals surface area contributed by atoms with Crippen molar-refractivity contribution < 1.29 is 9.53 Å². The Bertz CT molecular complexity index is 362. The van der Waals surface area contributed by atoms with Gasteiger partial charge in [-0.05, 0) is 43.2 Å². The monoisotopic (exact) mass is 269 g/mol. The highest BCUT2D eigenvalue weighted by Crippen LogP contribution is 2.25. The number of hydrogen-bond donors (Lipinski definition) is 1. The highest BCUT2D eigenvalue weighted by molar-refractivity contribution is 7.14. The Kier molecular flexibility index (Phi) is 6.80. The van der Waals surface area contributed by atoms with Gasteiger partial charge < -0.3 is 4.74 Å². The SMILES string of the molecule is CCCCc1ccsc1NC(=O)OC(C)CCC. The topological polar surface area (TPSA) is 38.3 Å². The average Bonchev–Trinajstić information content (AvgIpc) is 2.73. The lowest BCUT2D eigenvalue weighted by Crippen LogP contribution is -2.20. The van der Waals surface area contributed by atoms with Crippen molar-refractivity contribution in [3.05, 3.63) is 17.0 Å². The summed E-state index contributed by atoms with van der Waals surface area (Å²) in [6.45, 7) is 6.18. The van der Waals surface area contributed by atoms with Gasteiger partial charge in [0.25, 0.3) is 0 Å². The first kappa shape index (κ1) is 15.0. The number of hydrogen-bond acceptors (Lipinski definition) is 3. The minimum absolute atomic E-state index is 0.0194. The fraction of sp³-hybridized carbons (Fsp3) is 0.643. The molecule has 1 amide bonds. The summed E-state index contributed by atoms with van der Waals surface area (Å²) in [6.07, 6.45) is 4.89. The van der Waals surface area contributed by atoms with Crippen molar-refractivity contribution in [2.45, 2.75) is 59.0 Å². The van der Waals surface area contributed by atoms with E-state index >= 15 is 0 Å². The van der Waals surface area contributed by atoms with Crippen LogP contribution in [0, 0.1) is 0 Å². The Labute approximate surface area is 114 Å². The van der Waals surface area contributed by atoms with Crippen molar-refractivity contribution in [2.24, 2.45) is 0 Å². The number of nitrogens with one attached hydrogen (secondary N) is 1. The van der Waals surface area contributed by atoms with Crippen LogP contribution >= 0.6 is 11.3 Å². The molecular weight excluding hydrogens is 246 g/mol. The quantitative estimate of drug-likeness (QED) is 0.770. The number of rotatable bonds is 7. The van der Waals surface area contributed by atoms with E-state index in [1.807, 2.05) is 12.3 Å². The van der Waals surface area contributed by atoms with Gasteiger partial charge >= 0.3 is 6.09 Å². The molecule has 18 heavy (non-hydrogen) atoms. The summed E-state index contributed by atoms with van der Waals surface area (Å²) >= 11 is 1.56. The zero-order valence-electron chi connectivity index (χ0n) is 11.5. The smallest absolute Gasteiger partial charge is 0.412 e. The molecule has 1 rings (SSSR count). The zero-order chi connectivity index (χ0) is 13.4. The summed E-state index contributed by atoms with van der Waals surface area (Å²) in [5.74, 6) is 0. The fourth-order valence-corrected chi connectivity index (χ4v) is 2.61. The van der Waals surface area contributed by atoms with Crippen LogP contribution in [0.5, 0.6) is 0 Å². The molecule has 102 valence electrons. The Morgan fingerprint density at radius 1 is 1.44 bits per heavy atom. The van der Waals surface area contributed by atoms with E-state index in [9.17, 15) is 4.79 Å². The van der Waals surface area contributed by atoms with E-state index < -0.39 is 0 Å². The van der Waals surface area contributed by atoms with Gasteiger partial charge in [-0.15, -0.1) is 11.3 Å². The van der Waals surface area contributed by atoms with Crippen LogP contribution in [0.15, 0.2) is 11.4 Å². The summed E-state index contributed by atoms with van der Waals surface area (Å²) in [5.41, 5.74) is 1.21. The Balaban J connectivity index is 2.46. The van der Waals surface area contributed by atoms with Gasteiger partial charge in [0.2, 0.25) is 0 Å². The van der Waals surface area contributed by atoms with Crippen LogP contribution in [0.1, 0.15) is 52.0 Å². The molecule has 1 N–H and O–H groups in total. The number of unbranched alkanes of at least 4 members (excludes halogenated alkanes) is 1. The molecule has 4 heteroatoms. The molecule has 1 aromatic rings. The van der Waals surface area contributed by atoms with E-state index in [1.165, 1.54) is 5.56 Å². The summed E-state index contributed by atoms with van der Waals surface area (Å²) in [4.78, 5) is 11.7. The lowest BCUT2D eigenvalue weighted by Gasteiger charge is -2.13. The van der Waals surface area contributed by atoms with Crippen LogP contribution in [0.4, 0.5) is 9.80 Å². The lowest BCUT2D eigenvalue weighted by atomic mass is 10.1. The molecule has 1 unspecified atom stereocenters. The van der Waals surface area contributed by atoms with Crippen LogP contribution in [0.3, 0.4) is 0 Å². The molecule has 0 radical (unpaired) electrons. The van der Waals surface area contributed by atoms with Crippen LogP contribution in [-0.4, -0.2) is 12.2 Å². The van der Waals surface area contributed by atoms with Crippen molar-refractivity contribution >= 4 is 22.4 Å². The number of amides is 1. The highest BCUT2D eigenvalue weighted by Gasteiger charge is 2.11. The van der Waals surface area contributed by atoms with E-state index in [2.05, 4.69) is 25.2 Å². The summed E-state index contributed by atoms with van der Waals surface area (Å²) in [7, 11) is 0. The van der Waals surface area contributed by atoms with E-state index in [0.717, 1.165) is 37.1 Å². The standard InChI is InChI=1S/C14H23NO2S/c1-4-6-8-12-9-10-18-13(12)15-14(16)17-11(3)7-5-2/h9-11H,4-8H2,1-3H3,(H,15,16). The fourth-order valence-electron chi connectivity index (χ4n) is 1.78. The van der Waals surface area contributed by atoms with Gasteiger partial charge in [-0.2, -0.15) is 0 Å². The minimum atomic E-state index is -0.337. The Morgan fingerprint density at radius 2 is 2.22 bits per heavy atom. The average molecular weight is 269 g/mol. The second-order valence-corrected chi connectivity index (χ2v) is 5.42. The van der Waals surface area contributed by atoms with Crippen LogP contribution in [0.25, 0.3) is 0 Å². The largest absolute Gasteiger partial charge is 0.446 e. The molecule has 3 nitrogen and oxygen atoms in total. The molecule has 0 bridgehead atoms. The van der Waals surface area contributed by atoms with E-state index in [-0.39, 0.29) is 12.2 Å². The zero-order valence-corrected chi connectivity index (χ0v) is 12.3. The first-order valence-electron chi connectivity index (χ1n) is 6.71. The molecule has 1 atom stereocenters. The third kappa shape index (κ3) is 5.08. The predicted molar refractivity (Wildman–Crippen MR) is 77.4 cm³/mol. The van der Waals surface area contributed by atoms with Crippen molar-refractivity contribution in [1.82, 2.24) is 0 Å². The molecule has 0 aromatic carbocycles. The summed E-state index contributed by atoms with van der Waals surface area (Å²) in [6, 6.07) is 2.07. The molecule has 1 heterocycles. The van der Waals surface area contributed by atoms with Crippen LogP contribution in [0.2, 0.25) is 0 Å². The summed E-state index contributed by atoms with van der Waals surface area (Å²) in [5, 5.41) is 5.78. The second-order valence-electron chi connectivity index (χ2n) is 4.51. The maximum absolute atomic E-state index is 11.7. The minimum Gasteiger partial charge on any atom is -0.446 e. The van der Waals surface area contributed by atoms with Crippen LogP contribution in [-0.2, 0) is 11.2 Å². The number of ether oxygens (including phenoxy) is 1. The molecule has 0 aliphatic carbocycles. The first-order valence-corrected chi connectivity index (χ1v) is 7.59. The Morgan fingerprint density at radius 3 is 2.89 bits per heavy atom. The van der Waals surface area contributed by atoms with Crippen LogP contribution < -0.4 is 5.32 Å². The van der Waals surface area contributed by atoms with Crippen molar-refractivity contribution in [3.8, 4) is 0 Å². The van der Waals surface area contributed by atoms with Crippen molar-refractivity contribution in [3.63, 3.8) is 0 Å². The number of carbonyl (C=O) groups excluding carboxylic acids is 1. The molecule has 1 aromatic heterocycles. The molecule has 0 aliphatic heterocycles. The molecule has 0 spiro atoms. The van der Waals surface area contributed by atoms with Gasteiger partial charge in [0.05, 0.1) is 0 Å². The van der Waals surface area contributed by atoms with E-state index in [1.54, 1.807) is 11.3 Å². The maximum atomic E-state index is 11.7. The van der Waals surface area contributed by atoms with E-state index in [0.29, 0.717) is 0 Å². The number of anilines is 1. The predicted octanol–water partition coefficient (Wildman–Crippen LogP) is 4.83. The van der Waals surface area contributed by atoms with Gasteiger partial charge in [-0.3, -0.25) is 5.32 Å². The third-order valence-corrected chi connectivity index (χ3v) is 3.64. The lowest BCUT2D eigenvalue weighted by molar-refractivity contribution is 0.115. The molecule has 0 saturated heterocycles. The number of thiophene rings is 1. The molecular formula is C14H23NO2S. The molecule has 0 aliphatic rings. The first-order chi connectivity index (χ1) is 8.67. The normalized spacial score (nSPS) is 12.2. The second kappa shape index (κ2) is 8.14. The van der Waals surface area contributed by atoms with Gasteiger partial charge in [-0.1, -0.05) is 26.7 Å². The number of carbonyl (C=O) groups is 1. The Hall–Kier alpha value is -1.03. The van der Waals surface area contributed by atoms with E-state index in [4.69, 9.17) is 4.74 Å². The van der Waals surface area contributed by atoms with Crippen molar-refractivity contribution in [2.75, 3.05) is 5.32 Å². The van der Waals surface area contributed by atoms with Gasteiger partial charge in [-0.25, -0.2) is 4.79 Å². The van der Waals surface area contributed by atoms with Gasteiger partial charge in [0, 0.05) is 0 Å². The van der Waals surface area contributed by atoms with Gasteiger partial charge in [0.1, 0.15) is 11.1 Å². The van der Waals surface area contributed by atoms with Crippen molar-refractivity contribution in [1.29, 1.82) is 0 Å². The third-order valence-electron chi connectivity index (χ3n) is 2.77. The summed E-state index contributed by atoms with van der Waals surface area (Å²) < 4.78 is 5.28. The maximum Gasteiger partial charge on any atom is 0.412 e. The van der Waals surface area contributed by atoms with Gasteiger partial charge in [0.15, 0.2) is 0 Å².